The number of hydrogen-bond acceptors (Lipinski definition) is 4. The molecule has 0 radical (unpaired) electrons. The maximum atomic E-state index is 11.5. The molecule has 2 heterocycles. The number of fused-ring (bicyclic) bond motifs is 1. The molecule has 1 aromatic heterocycles. The normalized spacial score (nSPS) is 17.6. The van der Waals surface area contributed by atoms with Crippen molar-refractivity contribution in [3.8, 4) is 11.1 Å². The summed E-state index contributed by atoms with van der Waals surface area (Å²) in [5.74, 6) is 1.36. The summed E-state index contributed by atoms with van der Waals surface area (Å²) in [6, 6.07) is 10.5. The summed E-state index contributed by atoms with van der Waals surface area (Å²) in [6.45, 7) is 4.05. The Morgan fingerprint density at radius 2 is 1.73 bits per heavy atom. The average molecular weight is 293 g/mol. The van der Waals surface area contributed by atoms with Crippen LogP contribution in [0.2, 0.25) is 0 Å². The van der Waals surface area contributed by atoms with Gasteiger partial charge < -0.3 is 10.2 Å². The first kappa shape index (κ1) is 13.5. The Bertz CT molecular complexity index is 703. The van der Waals surface area contributed by atoms with Gasteiger partial charge in [-0.2, -0.15) is 0 Å². The number of ketones is 1. The molecule has 22 heavy (non-hydrogen) atoms. The van der Waals surface area contributed by atoms with Crippen molar-refractivity contribution in [3.63, 3.8) is 0 Å². The lowest BCUT2D eigenvalue weighted by atomic mass is 10.0. The molecular formula is C18H19N3O. The number of anilines is 1. The molecule has 0 bridgehead atoms. The van der Waals surface area contributed by atoms with Gasteiger partial charge in [0.25, 0.3) is 0 Å². The van der Waals surface area contributed by atoms with Gasteiger partial charge in [-0.05, 0) is 28.8 Å². The van der Waals surface area contributed by atoms with Crippen LogP contribution in [0.15, 0.2) is 36.5 Å². The van der Waals surface area contributed by atoms with Gasteiger partial charge in [0.2, 0.25) is 0 Å². The maximum absolute atomic E-state index is 11.5. The highest BCUT2D eigenvalue weighted by Crippen LogP contribution is 2.27. The Morgan fingerprint density at radius 3 is 2.50 bits per heavy atom. The highest BCUT2D eigenvalue weighted by atomic mass is 16.1. The van der Waals surface area contributed by atoms with Crippen LogP contribution in [0.3, 0.4) is 0 Å². The molecule has 4 rings (SSSR count). The largest absolute Gasteiger partial charge is 0.354 e. The van der Waals surface area contributed by atoms with Gasteiger partial charge in [-0.25, -0.2) is 4.98 Å². The molecule has 0 unspecified atom stereocenters. The second-order valence-electron chi connectivity index (χ2n) is 6.02. The van der Waals surface area contributed by atoms with Gasteiger partial charge in [-0.3, -0.25) is 4.79 Å². The molecule has 1 fully saturated rings. The summed E-state index contributed by atoms with van der Waals surface area (Å²) in [6.07, 6.45) is 3.11. The van der Waals surface area contributed by atoms with E-state index in [2.05, 4.69) is 45.5 Å². The molecule has 2 aliphatic rings. The maximum Gasteiger partial charge on any atom is 0.141 e. The van der Waals surface area contributed by atoms with Crippen molar-refractivity contribution < 1.29 is 4.79 Å². The topological polar surface area (TPSA) is 45.2 Å². The number of aromatic nitrogens is 1. The second-order valence-corrected chi connectivity index (χ2v) is 6.02. The summed E-state index contributed by atoms with van der Waals surface area (Å²) in [4.78, 5) is 18.5. The summed E-state index contributed by atoms with van der Waals surface area (Å²) in [5, 5.41) is 3.35. The fourth-order valence-electron chi connectivity index (χ4n) is 3.27. The van der Waals surface area contributed by atoms with E-state index >= 15 is 0 Å². The van der Waals surface area contributed by atoms with Crippen molar-refractivity contribution in [2.24, 2.45) is 0 Å². The Balaban J connectivity index is 1.58. The smallest absolute Gasteiger partial charge is 0.141 e. The number of pyridine rings is 1. The van der Waals surface area contributed by atoms with Gasteiger partial charge in [0.1, 0.15) is 11.6 Å². The van der Waals surface area contributed by atoms with E-state index in [1.807, 2.05) is 6.20 Å². The van der Waals surface area contributed by atoms with E-state index in [1.54, 1.807) is 0 Å². The van der Waals surface area contributed by atoms with E-state index < -0.39 is 0 Å². The minimum absolute atomic E-state index is 0.319. The van der Waals surface area contributed by atoms with E-state index in [1.165, 1.54) is 11.1 Å². The number of carbonyl (C=O) groups excluding carboxylic acids is 1. The molecule has 1 aliphatic carbocycles. The number of piperazine rings is 1. The first-order chi connectivity index (χ1) is 10.8. The third kappa shape index (κ3) is 2.50. The Kier molecular flexibility index (Phi) is 3.39. The number of rotatable bonds is 2. The molecule has 1 aromatic carbocycles. The molecule has 0 amide bonds. The van der Waals surface area contributed by atoms with Crippen LogP contribution >= 0.6 is 0 Å². The summed E-state index contributed by atoms with van der Waals surface area (Å²) >= 11 is 0. The minimum atomic E-state index is 0.319. The molecule has 4 heteroatoms. The number of nitrogens with one attached hydrogen (secondary N) is 1. The van der Waals surface area contributed by atoms with Crippen LogP contribution in [0.25, 0.3) is 11.1 Å². The predicted octanol–water partition coefficient (Wildman–Crippen LogP) is 1.83. The monoisotopic (exact) mass is 293 g/mol. The van der Waals surface area contributed by atoms with Crippen LogP contribution in [0, 0.1) is 0 Å². The third-order valence-corrected chi connectivity index (χ3v) is 4.50. The minimum Gasteiger partial charge on any atom is -0.354 e. The molecule has 0 atom stereocenters. The highest BCUT2D eigenvalue weighted by molar-refractivity contribution is 5.88. The average Bonchev–Trinajstić information content (AvgIpc) is 2.95. The van der Waals surface area contributed by atoms with E-state index in [0.717, 1.165) is 43.1 Å². The Labute approximate surface area is 130 Å². The number of carbonyl (C=O) groups is 1. The third-order valence-electron chi connectivity index (χ3n) is 4.50. The van der Waals surface area contributed by atoms with E-state index in [4.69, 9.17) is 0 Å². The standard InChI is InChI=1S/C18H19N3O/c22-17-10-14-2-1-13(9-16(14)11-17)15-3-4-18(20-12-15)21-7-5-19-6-8-21/h1-4,9,12,19H,5-8,10-11H2. The van der Waals surface area contributed by atoms with Crippen LogP contribution in [0.4, 0.5) is 5.82 Å². The van der Waals surface area contributed by atoms with Crippen LogP contribution in [0.5, 0.6) is 0 Å². The molecule has 1 saturated heterocycles. The zero-order chi connectivity index (χ0) is 14.9. The van der Waals surface area contributed by atoms with Crippen LogP contribution in [-0.2, 0) is 17.6 Å². The highest BCUT2D eigenvalue weighted by Gasteiger charge is 2.18. The Hall–Kier alpha value is -2.20. The first-order valence-corrected chi connectivity index (χ1v) is 7.85. The van der Waals surface area contributed by atoms with Crippen molar-refractivity contribution in [1.82, 2.24) is 10.3 Å². The van der Waals surface area contributed by atoms with E-state index in [0.29, 0.717) is 18.6 Å². The predicted molar refractivity (Wildman–Crippen MR) is 87.2 cm³/mol. The van der Waals surface area contributed by atoms with Gasteiger partial charge in [0.05, 0.1) is 0 Å². The van der Waals surface area contributed by atoms with Crippen molar-refractivity contribution in [2.45, 2.75) is 12.8 Å². The zero-order valence-electron chi connectivity index (χ0n) is 12.5. The van der Waals surface area contributed by atoms with Gasteiger partial charge in [-0.1, -0.05) is 18.2 Å². The molecule has 112 valence electrons. The van der Waals surface area contributed by atoms with Crippen LogP contribution in [0.1, 0.15) is 11.1 Å². The second kappa shape index (κ2) is 5.54. The Morgan fingerprint density at radius 1 is 0.955 bits per heavy atom. The van der Waals surface area contributed by atoms with Crippen molar-refractivity contribution in [1.29, 1.82) is 0 Å². The van der Waals surface area contributed by atoms with E-state index in [-0.39, 0.29) is 0 Å². The van der Waals surface area contributed by atoms with Crippen molar-refractivity contribution in [2.75, 3.05) is 31.1 Å². The number of Topliss-reactive ketones (excluding diaryl/α,β-unsaturated/α-hetero) is 1. The van der Waals surface area contributed by atoms with Gasteiger partial charge in [-0.15, -0.1) is 0 Å². The molecule has 4 nitrogen and oxygen atoms in total. The quantitative estimate of drug-likeness (QED) is 0.917. The molecular weight excluding hydrogens is 274 g/mol. The van der Waals surface area contributed by atoms with Crippen LogP contribution < -0.4 is 10.2 Å². The zero-order valence-corrected chi connectivity index (χ0v) is 12.5. The lowest BCUT2D eigenvalue weighted by Crippen LogP contribution is -2.43. The fraction of sp³-hybridized carbons (Fsp3) is 0.333. The number of hydrogen-bond donors (Lipinski definition) is 1. The lowest BCUT2D eigenvalue weighted by Gasteiger charge is -2.28. The molecule has 2 aromatic rings. The molecule has 1 N–H and O–H groups in total. The van der Waals surface area contributed by atoms with Crippen molar-refractivity contribution in [3.05, 3.63) is 47.7 Å². The summed E-state index contributed by atoms with van der Waals surface area (Å²) in [5.41, 5.74) is 4.61. The number of benzene rings is 1. The van der Waals surface area contributed by atoms with Gasteiger partial charge in [0, 0.05) is 50.8 Å². The molecule has 1 aliphatic heterocycles. The van der Waals surface area contributed by atoms with Crippen LogP contribution in [-0.4, -0.2) is 36.9 Å². The van der Waals surface area contributed by atoms with E-state index in [9.17, 15) is 4.79 Å². The number of nitrogens with zero attached hydrogens (tertiary/aromatic N) is 2. The molecule has 0 saturated carbocycles. The van der Waals surface area contributed by atoms with Gasteiger partial charge >= 0.3 is 0 Å². The fourth-order valence-corrected chi connectivity index (χ4v) is 3.27. The SMILES string of the molecule is O=C1Cc2ccc(-c3ccc(N4CCNCC4)nc3)cc2C1. The summed E-state index contributed by atoms with van der Waals surface area (Å²) < 4.78 is 0. The van der Waals surface area contributed by atoms with Crippen molar-refractivity contribution >= 4 is 11.6 Å². The first-order valence-electron chi connectivity index (χ1n) is 7.85. The molecule has 0 spiro atoms. The summed E-state index contributed by atoms with van der Waals surface area (Å²) in [7, 11) is 0. The van der Waals surface area contributed by atoms with Gasteiger partial charge in [0.15, 0.2) is 0 Å². The lowest BCUT2D eigenvalue weighted by molar-refractivity contribution is -0.117.